The van der Waals surface area contributed by atoms with E-state index in [2.05, 4.69) is 29.8 Å². The van der Waals surface area contributed by atoms with Crippen molar-refractivity contribution in [2.24, 2.45) is 10.4 Å². The standard InChI is InChI=1S/C32H39N2O8P/c1-29(2,3)41-27(35)34(28(36)42-30(4,5)6)26-33-32(20-40-26)24-14-22(10-11-25(24)39-19-31(32)17-38-18-31)23-13-21(15-43-16-23)9-8-12-37-7/h10-11,13-14,16,43H,12,15,17-20H2,1-7H3. The molecule has 4 aliphatic rings. The van der Waals surface area contributed by atoms with Crippen LogP contribution in [-0.4, -0.2) is 80.6 Å². The first kappa shape index (κ1) is 31.1. The Bertz CT molecular complexity index is 1420. The number of methoxy groups -OCH3 is 1. The molecule has 4 heterocycles. The largest absolute Gasteiger partial charge is 0.492 e. The molecule has 0 bridgehead atoms. The van der Waals surface area contributed by atoms with E-state index in [0.29, 0.717) is 40.8 Å². The van der Waals surface area contributed by atoms with E-state index in [1.165, 1.54) is 0 Å². The molecule has 0 aliphatic carbocycles. The van der Waals surface area contributed by atoms with Gasteiger partial charge in [0, 0.05) is 24.4 Å². The first-order valence-electron chi connectivity index (χ1n) is 14.2. The second-order valence-corrected chi connectivity index (χ2v) is 14.0. The van der Waals surface area contributed by atoms with Crippen LogP contribution in [0, 0.1) is 17.3 Å². The Kier molecular flexibility index (Phi) is 8.38. The number of amides is 2. The number of amidine groups is 1. The van der Waals surface area contributed by atoms with Crippen molar-refractivity contribution in [3.05, 3.63) is 46.8 Å². The summed E-state index contributed by atoms with van der Waals surface area (Å²) in [5, 5.41) is 0. The molecule has 0 N–H and O–H groups in total. The lowest BCUT2D eigenvalue weighted by Crippen LogP contribution is -2.63. The number of fused-ring (bicyclic) bond motifs is 3. The Labute approximate surface area is 254 Å². The molecule has 0 aromatic heterocycles. The Hall–Kier alpha value is -3.38. The lowest BCUT2D eigenvalue weighted by atomic mass is 9.64. The Morgan fingerprint density at radius 1 is 1.02 bits per heavy atom. The number of imide groups is 1. The molecule has 1 aromatic carbocycles. The highest BCUT2D eigenvalue weighted by atomic mass is 31.1. The van der Waals surface area contributed by atoms with E-state index in [-0.39, 0.29) is 12.6 Å². The van der Waals surface area contributed by atoms with Gasteiger partial charge in [-0.2, -0.15) is 0 Å². The zero-order chi connectivity index (χ0) is 31.0. The van der Waals surface area contributed by atoms with Gasteiger partial charge < -0.3 is 28.4 Å². The second kappa shape index (κ2) is 11.6. The van der Waals surface area contributed by atoms with Crippen molar-refractivity contribution >= 4 is 32.4 Å². The lowest BCUT2D eigenvalue weighted by molar-refractivity contribution is -0.185. The van der Waals surface area contributed by atoms with Gasteiger partial charge in [0.2, 0.25) is 0 Å². The normalized spacial score (nSPS) is 22.5. The van der Waals surface area contributed by atoms with Gasteiger partial charge in [0.1, 0.15) is 42.3 Å². The third-order valence-electron chi connectivity index (χ3n) is 7.28. The number of carbonyl (C=O) groups excluding carboxylic acids is 2. The van der Waals surface area contributed by atoms with Crippen molar-refractivity contribution < 1.29 is 38.0 Å². The molecule has 230 valence electrons. The average Bonchev–Trinajstić information content (AvgIpc) is 3.31. The van der Waals surface area contributed by atoms with Gasteiger partial charge >= 0.3 is 18.2 Å². The monoisotopic (exact) mass is 610 g/mol. The molecule has 10 nitrogen and oxygen atoms in total. The average molecular weight is 611 g/mol. The second-order valence-electron chi connectivity index (χ2n) is 13.0. The summed E-state index contributed by atoms with van der Waals surface area (Å²) in [6, 6.07) is 5.85. The third kappa shape index (κ3) is 6.31. The summed E-state index contributed by atoms with van der Waals surface area (Å²) in [7, 11) is 2.23. The molecule has 1 saturated heterocycles. The molecule has 0 saturated carbocycles. The lowest BCUT2D eigenvalue weighted by Gasteiger charge is -2.53. The number of hydrogen-bond acceptors (Lipinski definition) is 9. The molecule has 43 heavy (non-hydrogen) atoms. The van der Waals surface area contributed by atoms with Gasteiger partial charge in [0.05, 0.1) is 18.6 Å². The number of nitrogens with zero attached hydrogens (tertiary/aromatic N) is 2. The maximum atomic E-state index is 13.4. The predicted molar refractivity (Wildman–Crippen MR) is 163 cm³/mol. The van der Waals surface area contributed by atoms with Gasteiger partial charge in [-0.05, 0) is 70.9 Å². The minimum atomic E-state index is -0.977. The van der Waals surface area contributed by atoms with Crippen molar-refractivity contribution in [3.63, 3.8) is 0 Å². The molecule has 11 heteroatoms. The SMILES string of the molecule is COCC#CC1=CC(c2ccc3c(c2)C2(COC(N(C(=O)OC(C)(C)C)C(=O)OC(C)(C)C)=N2)C2(COC2)CO3)=CPC1. The van der Waals surface area contributed by atoms with E-state index in [4.69, 9.17) is 33.4 Å². The van der Waals surface area contributed by atoms with Crippen molar-refractivity contribution in [2.45, 2.75) is 58.3 Å². The maximum Gasteiger partial charge on any atom is 0.428 e. The smallest absolute Gasteiger partial charge is 0.428 e. The van der Waals surface area contributed by atoms with Gasteiger partial charge in [0.25, 0.3) is 0 Å². The summed E-state index contributed by atoms with van der Waals surface area (Å²) < 4.78 is 34.3. The first-order chi connectivity index (χ1) is 20.3. The van der Waals surface area contributed by atoms with Gasteiger partial charge in [0.15, 0.2) is 0 Å². The zero-order valence-electron chi connectivity index (χ0n) is 25.8. The van der Waals surface area contributed by atoms with Crippen LogP contribution in [0.5, 0.6) is 5.75 Å². The van der Waals surface area contributed by atoms with E-state index < -0.39 is 34.3 Å². The van der Waals surface area contributed by atoms with E-state index in [1.807, 2.05) is 12.1 Å². The van der Waals surface area contributed by atoms with Gasteiger partial charge in [-0.3, -0.25) is 0 Å². The van der Waals surface area contributed by atoms with Crippen LogP contribution in [0.2, 0.25) is 0 Å². The summed E-state index contributed by atoms with van der Waals surface area (Å²) >= 11 is 0. The summed E-state index contributed by atoms with van der Waals surface area (Å²) in [5.41, 5.74) is 0.627. The van der Waals surface area contributed by atoms with E-state index in [0.717, 1.165) is 33.3 Å². The third-order valence-corrected chi connectivity index (χ3v) is 8.38. The summed E-state index contributed by atoms with van der Waals surface area (Å²) in [5.74, 6) is 9.14. The highest BCUT2D eigenvalue weighted by Gasteiger charge is 2.65. The van der Waals surface area contributed by atoms with Crippen molar-refractivity contribution in [2.75, 3.05) is 46.3 Å². The summed E-state index contributed by atoms with van der Waals surface area (Å²) in [6.45, 7) is 11.9. The van der Waals surface area contributed by atoms with E-state index in [1.54, 1.807) is 48.7 Å². The van der Waals surface area contributed by atoms with Crippen LogP contribution in [0.3, 0.4) is 0 Å². The molecule has 2 atom stereocenters. The molecule has 1 fully saturated rings. The number of rotatable bonds is 2. The first-order valence-corrected chi connectivity index (χ1v) is 15.5. The van der Waals surface area contributed by atoms with Gasteiger partial charge in [-0.25, -0.2) is 14.6 Å². The van der Waals surface area contributed by atoms with Crippen LogP contribution in [0.25, 0.3) is 5.57 Å². The van der Waals surface area contributed by atoms with Gasteiger partial charge in [-0.1, -0.05) is 32.3 Å². The van der Waals surface area contributed by atoms with E-state index >= 15 is 0 Å². The fourth-order valence-electron chi connectivity index (χ4n) is 5.24. The molecule has 2 spiro atoms. The number of aliphatic imine (C=N–C) groups is 1. The molecular formula is C32H39N2O8P. The number of allylic oxidation sites excluding steroid dienone is 3. The highest BCUT2D eigenvalue weighted by molar-refractivity contribution is 7.42. The van der Waals surface area contributed by atoms with Gasteiger partial charge in [-0.15, -0.1) is 4.90 Å². The minimum absolute atomic E-state index is 0.0813. The van der Waals surface area contributed by atoms with E-state index in [9.17, 15) is 9.59 Å². The van der Waals surface area contributed by atoms with Crippen LogP contribution in [-0.2, 0) is 29.2 Å². The van der Waals surface area contributed by atoms with Crippen LogP contribution >= 0.6 is 8.58 Å². The number of carbonyl (C=O) groups is 2. The van der Waals surface area contributed by atoms with Crippen LogP contribution in [0.4, 0.5) is 9.59 Å². The molecule has 2 amide bonds. The maximum absolute atomic E-state index is 13.4. The molecule has 2 unspecified atom stereocenters. The summed E-state index contributed by atoms with van der Waals surface area (Å²) in [4.78, 5) is 32.5. The highest BCUT2D eigenvalue weighted by Crippen LogP contribution is 2.56. The fourth-order valence-corrected chi connectivity index (χ4v) is 6.22. The van der Waals surface area contributed by atoms with Crippen molar-refractivity contribution in [1.29, 1.82) is 0 Å². The Morgan fingerprint density at radius 2 is 1.72 bits per heavy atom. The van der Waals surface area contributed by atoms with Crippen LogP contribution in [0.1, 0.15) is 52.7 Å². The number of ether oxygens (including phenoxy) is 6. The van der Waals surface area contributed by atoms with Crippen LogP contribution in [0.15, 0.2) is 40.7 Å². The topological polar surface area (TPSA) is 105 Å². The van der Waals surface area contributed by atoms with Crippen LogP contribution < -0.4 is 4.74 Å². The molecule has 0 radical (unpaired) electrons. The molecular weight excluding hydrogens is 571 g/mol. The van der Waals surface area contributed by atoms with Crippen molar-refractivity contribution in [3.8, 4) is 17.6 Å². The fraction of sp³-hybridized carbons (Fsp3) is 0.531. The molecule has 1 aromatic rings. The predicted octanol–water partition coefficient (Wildman–Crippen LogP) is 5.46. The zero-order valence-corrected chi connectivity index (χ0v) is 26.8. The number of benzene rings is 1. The molecule has 4 aliphatic heterocycles. The summed E-state index contributed by atoms with van der Waals surface area (Å²) in [6.07, 6.45) is 1.13. The quantitative estimate of drug-likeness (QED) is 0.321. The Balaban J connectivity index is 1.58. The Morgan fingerprint density at radius 3 is 2.33 bits per heavy atom. The minimum Gasteiger partial charge on any atom is -0.492 e. The number of hydrogen-bond donors (Lipinski definition) is 0. The molecule has 5 rings (SSSR count). The van der Waals surface area contributed by atoms with Crippen molar-refractivity contribution in [1.82, 2.24) is 4.90 Å².